The number of nitrogens with zero attached hydrogens (tertiary/aromatic N) is 1. The van der Waals surface area contributed by atoms with E-state index in [0.29, 0.717) is 5.69 Å². The van der Waals surface area contributed by atoms with E-state index in [2.05, 4.69) is 72.1 Å². The van der Waals surface area contributed by atoms with Crippen molar-refractivity contribution in [2.45, 2.75) is 8.65 Å². The number of imide groups is 1. The van der Waals surface area contributed by atoms with Crippen LogP contribution in [0.1, 0.15) is 22.3 Å². The van der Waals surface area contributed by atoms with Crippen molar-refractivity contribution in [1.82, 2.24) is 0 Å². The van der Waals surface area contributed by atoms with Gasteiger partial charge in [0.25, 0.3) is 0 Å². The maximum Gasteiger partial charge on any atom is 0.239 e. The van der Waals surface area contributed by atoms with Crippen LogP contribution in [0, 0.1) is 11.8 Å². The molecule has 1 aliphatic heterocycles. The fourth-order valence-electron chi connectivity index (χ4n) is 5.54. The molecule has 3 nitrogen and oxygen atoms in total. The maximum absolute atomic E-state index is 13.9. The van der Waals surface area contributed by atoms with Crippen LogP contribution in [0.15, 0.2) is 77.3 Å². The van der Waals surface area contributed by atoms with Crippen LogP contribution in [0.4, 0.5) is 5.69 Å². The Hall–Kier alpha value is -1.76. The molecular formula is C24H14Br3NO2. The topological polar surface area (TPSA) is 37.4 Å². The van der Waals surface area contributed by atoms with Gasteiger partial charge in [-0.05, 0) is 40.5 Å². The fraction of sp³-hybridized carbons (Fsp3) is 0.167. The third-order valence-corrected chi connectivity index (χ3v) is 9.84. The highest BCUT2D eigenvalue weighted by atomic mass is 79.9. The first-order valence-electron chi connectivity index (χ1n) is 9.61. The minimum absolute atomic E-state index is 0.173. The van der Waals surface area contributed by atoms with Gasteiger partial charge in [0.15, 0.2) is 0 Å². The first-order chi connectivity index (χ1) is 14.4. The molecule has 3 aliphatic carbocycles. The van der Waals surface area contributed by atoms with Gasteiger partial charge in [0.2, 0.25) is 11.8 Å². The lowest BCUT2D eigenvalue weighted by molar-refractivity contribution is -0.122. The van der Waals surface area contributed by atoms with Crippen LogP contribution in [-0.4, -0.2) is 11.8 Å². The van der Waals surface area contributed by atoms with E-state index in [1.165, 1.54) is 4.90 Å². The average molecular weight is 588 g/mol. The van der Waals surface area contributed by atoms with Gasteiger partial charge >= 0.3 is 0 Å². The molecule has 0 saturated carbocycles. The summed E-state index contributed by atoms with van der Waals surface area (Å²) in [6, 6.07) is 23.6. The molecule has 1 heterocycles. The zero-order valence-electron chi connectivity index (χ0n) is 15.5. The number of carbonyl (C=O) groups excluding carboxylic acids is 2. The summed E-state index contributed by atoms with van der Waals surface area (Å²) in [5.41, 5.74) is 4.75. The molecule has 1 saturated heterocycles. The number of hydrogen-bond acceptors (Lipinski definition) is 2. The lowest BCUT2D eigenvalue weighted by atomic mass is 9.54. The van der Waals surface area contributed by atoms with E-state index < -0.39 is 20.5 Å². The van der Waals surface area contributed by atoms with Crippen molar-refractivity contribution in [3.63, 3.8) is 0 Å². The summed E-state index contributed by atoms with van der Waals surface area (Å²) in [7, 11) is 0. The third kappa shape index (κ3) is 2.05. The first-order valence-corrected chi connectivity index (χ1v) is 12.0. The Morgan fingerprint density at radius 3 is 1.50 bits per heavy atom. The average Bonchev–Trinajstić information content (AvgIpc) is 3.03. The van der Waals surface area contributed by atoms with E-state index in [1.807, 2.05) is 48.5 Å². The number of rotatable bonds is 1. The Bertz CT molecular complexity index is 1150. The van der Waals surface area contributed by atoms with Crippen LogP contribution in [0.3, 0.4) is 0 Å². The van der Waals surface area contributed by atoms with Gasteiger partial charge < -0.3 is 0 Å². The fourth-order valence-corrected chi connectivity index (χ4v) is 8.23. The number of hydrogen-bond donors (Lipinski definition) is 0. The number of anilines is 1. The second-order valence-corrected chi connectivity index (χ2v) is 11.4. The largest absolute Gasteiger partial charge is 0.274 e. The molecule has 3 aromatic carbocycles. The minimum atomic E-state index is -0.756. The number of benzene rings is 3. The molecule has 0 spiro atoms. The quantitative estimate of drug-likeness (QED) is 0.264. The lowest BCUT2D eigenvalue weighted by Crippen LogP contribution is -2.56. The normalized spacial score (nSPS) is 30.8. The predicted octanol–water partition coefficient (Wildman–Crippen LogP) is 5.86. The predicted molar refractivity (Wildman–Crippen MR) is 126 cm³/mol. The SMILES string of the molecule is O=C1C2C(C(=O)N1c1cccc(Br)c1)C1(Br)c3ccccc3C2(Br)c2ccccc21. The summed E-state index contributed by atoms with van der Waals surface area (Å²) in [6.45, 7) is 0. The molecule has 2 amide bonds. The molecule has 1 fully saturated rings. The van der Waals surface area contributed by atoms with E-state index in [1.54, 1.807) is 0 Å². The van der Waals surface area contributed by atoms with Crippen LogP contribution < -0.4 is 4.90 Å². The van der Waals surface area contributed by atoms with Crippen molar-refractivity contribution in [1.29, 1.82) is 0 Å². The van der Waals surface area contributed by atoms with Crippen molar-refractivity contribution in [2.75, 3.05) is 4.90 Å². The van der Waals surface area contributed by atoms with Gasteiger partial charge in [-0.3, -0.25) is 9.59 Å². The first kappa shape index (κ1) is 19.0. The molecule has 0 aromatic heterocycles. The number of amides is 2. The van der Waals surface area contributed by atoms with Crippen LogP contribution >= 0.6 is 47.8 Å². The van der Waals surface area contributed by atoms with E-state index in [0.717, 1.165) is 26.7 Å². The molecule has 0 N–H and O–H groups in total. The summed E-state index contributed by atoms with van der Waals surface area (Å²) in [5.74, 6) is -1.44. The molecule has 6 heteroatoms. The van der Waals surface area contributed by atoms with Crippen molar-refractivity contribution in [3.8, 4) is 0 Å². The van der Waals surface area contributed by atoms with Crippen LogP contribution in [0.5, 0.6) is 0 Å². The van der Waals surface area contributed by atoms with Crippen LogP contribution in [0.2, 0.25) is 0 Å². The molecule has 4 aliphatic rings. The smallest absolute Gasteiger partial charge is 0.239 e. The Kier molecular flexibility index (Phi) is 3.89. The maximum atomic E-state index is 13.9. The standard InChI is InChI=1S/C24H14Br3NO2/c25-13-6-5-7-14(12-13)28-21(29)19-20(22(28)30)24(27)16-9-2-1-8-15(16)23(19,26)17-10-3-4-11-18(17)24/h1-12,19-20H. The van der Waals surface area contributed by atoms with E-state index in [9.17, 15) is 9.59 Å². The third-order valence-electron chi connectivity index (χ3n) is 6.65. The molecule has 7 rings (SSSR count). The summed E-state index contributed by atoms with van der Waals surface area (Å²) in [4.78, 5) is 29.1. The summed E-state index contributed by atoms with van der Waals surface area (Å²) in [5, 5.41) is 0. The van der Waals surface area contributed by atoms with E-state index >= 15 is 0 Å². The number of alkyl halides is 2. The Labute approximate surface area is 198 Å². The van der Waals surface area contributed by atoms with Gasteiger partial charge in [0.1, 0.15) is 0 Å². The van der Waals surface area contributed by atoms with Crippen LogP contribution in [-0.2, 0) is 18.2 Å². The van der Waals surface area contributed by atoms with Gasteiger partial charge in [0, 0.05) is 4.47 Å². The van der Waals surface area contributed by atoms with E-state index in [4.69, 9.17) is 0 Å². The Balaban J connectivity index is 1.67. The lowest BCUT2D eigenvalue weighted by Gasteiger charge is -2.55. The second-order valence-electron chi connectivity index (χ2n) is 7.96. The highest BCUT2D eigenvalue weighted by molar-refractivity contribution is 9.10. The summed E-state index contributed by atoms with van der Waals surface area (Å²) >= 11 is 11.5. The Morgan fingerprint density at radius 1 is 0.667 bits per heavy atom. The van der Waals surface area contributed by atoms with Crippen molar-refractivity contribution >= 4 is 65.3 Å². The zero-order chi connectivity index (χ0) is 20.8. The van der Waals surface area contributed by atoms with Gasteiger partial charge in [-0.2, -0.15) is 0 Å². The molecule has 0 radical (unpaired) electrons. The minimum Gasteiger partial charge on any atom is -0.274 e. The van der Waals surface area contributed by atoms with Crippen molar-refractivity contribution in [2.24, 2.45) is 11.8 Å². The molecule has 30 heavy (non-hydrogen) atoms. The van der Waals surface area contributed by atoms with Gasteiger partial charge in [0.05, 0.1) is 26.2 Å². The van der Waals surface area contributed by atoms with Gasteiger partial charge in [-0.1, -0.05) is 102 Å². The van der Waals surface area contributed by atoms with Crippen molar-refractivity contribution in [3.05, 3.63) is 99.5 Å². The van der Waals surface area contributed by atoms with Crippen molar-refractivity contribution < 1.29 is 9.59 Å². The molecule has 3 aromatic rings. The molecular weight excluding hydrogens is 574 g/mol. The van der Waals surface area contributed by atoms with E-state index in [-0.39, 0.29) is 11.8 Å². The molecule has 2 bridgehead atoms. The molecule has 2 unspecified atom stereocenters. The highest BCUT2D eigenvalue weighted by Crippen LogP contribution is 2.70. The summed E-state index contributed by atoms with van der Waals surface area (Å²) < 4.78 is -0.686. The highest BCUT2D eigenvalue weighted by Gasteiger charge is 2.72. The number of halogens is 3. The Morgan fingerprint density at radius 2 is 1.10 bits per heavy atom. The molecule has 148 valence electrons. The van der Waals surface area contributed by atoms with Gasteiger partial charge in [-0.15, -0.1) is 0 Å². The number of carbonyl (C=O) groups is 2. The monoisotopic (exact) mass is 585 g/mol. The second kappa shape index (κ2) is 6.15. The van der Waals surface area contributed by atoms with Crippen LogP contribution in [0.25, 0.3) is 0 Å². The zero-order valence-corrected chi connectivity index (χ0v) is 20.2. The van der Waals surface area contributed by atoms with Gasteiger partial charge in [-0.25, -0.2) is 4.90 Å². The summed E-state index contributed by atoms with van der Waals surface area (Å²) in [6.07, 6.45) is 0. The molecule has 2 atom stereocenters.